The van der Waals surface area contributed by atoms with Crippen molar-refractivity contribution in [3.63, 3.8) is 0 Å². The molecule has 5 nitrogen and oxygen atoms in total. The average Bonchev–Trinajstić information content (AvgIpc) is 3.01. The molecule has 3 rings (SSSR count). The molecule has 0 saturated carbocycles. The number of carbonyl (C=O) groups is 1. The van der Waals surface area contributed by atoms with Crippen molar-refractivity contribution in [1.29, 1.82) is 0 Å². The minimum absolute atomic E-state index is 0.0934. The van der Waals surface area contributed by atoms with E-state index in [2.05, 4.69) is 4.98 Å². The molecule has 1 N–H and O–H groups in total. The third-order valence-electron chi connectivity index (χ3n) is 4.71. The van der Waals surface area contributed by atoms with Crippen LogP contribution in [0.5, 0.6) is 0 Å². The minimum atomic E-state index is -5.72. The summed E-state index contributed by atoms with van der Waals surface area (Å²) in [6, 6.07) is 0.514. The maximum atomic E-state index is 14.4. The number of aryl methyl sites for hydroxylation is 1. The zero-order valence-corrected chi connectivity index (χ0v) is 17.0. The molecule has 17 heteroatoms. The standard InChI is InChI=1S/C19H7F12N3O2/c1-5-8(13(35)9-6(17(23,24)25)3-2-4-7(9)18(26,27)28)16(36)34(33-5)12-10(20)14(19(29,30)31)32-15(22)11(12)21/h2-4,33H,1H3. The molecule has 0 radical (unpaired) electrons. The van der Waals surface area contributed by atoms with Crippen LogP contribution >= 0.6 is 0 Å². The second-order valence-corrected chi connectivity index (χ2v) is 7.03. The van der Waals surface area contributed by atoms with Crippen LogP contribution in [0.1, 0.15) is 38.4 Å². The Morgan fingerprint density at radius 1 is 0.833 bits per heavy atom. The van der Waals surface area contributed by atoms with Crippen LogP contribution in [0.3, 0.4) is 0 Å². The van der Waals surface area contributed by atoms with Gasteiger partial charge in [-0.15, -0.1) is 0 Å². The number of pyridine rings is 1. The van der Waals surface area contributed by atoms with E-state index in [-0.39, 0.29) is 12.1 Å². The Hall–Kier alpha value is -3.79. The topological polar surface area (TPSA) is 67.8 Å². The van der Waals surface area contributed by atoms with Crippen LogP contribution in [0.4, 0.5) is 52.7 Å². The van der Waals surface area contributed by atoms with Crippen LogP contribution in [0.2, 0.25) is 0 Å². The molecule has 0 aliphatic carbocycles. The molecule has 2 aromatic heterocycles. The summed E-state index contributed by atoms with van der Waals surface area (Å²) >= 11 is 0. The van der Waals surface area contributed by atoms with Crippen molar-refractivity contribution >= 4 is 5.78 Å². The fourth-order valence-corrected chi connectivity index (χ4v) is 3.25. The molecule has 194 valence electrons. The van der Waals surface area contributed by atoms with E-state index in [1.807, 2.05) is 0 Å². The molecule has 0 spiro atoms. The first-order chi connectivity index (χ1) is 16.3. The van der Waals surface area contributed by atoms with Gasteiger partial charge in [0.1, 0.15) is 11.3 Å². The van der Waals surface area contributed by atoms with Gasteiger partial charge in [0.05, 0.1) is 11.1 Å². The number of carbonyl (C=O) groups excluding carboxylic acids is 1. The van der Waals surface area contributed by atoms with Gasteiger partial charge in [-0.1, -0.05) is 6.07 Å². The summed E-state index contributed by atoms with van der Waals surface area (Å²) < 4.78 is 161. The van der Waals surface area contributed by atoms with Crippen molar-refractivity contribution in [3.05, 3.63) is 79.8 Å². The summed E-state index contributed by atoms with van der Waals surface area (Å²) in [5.74, 6) is -9.91. The van der Waals surface area contributed by atoms with E-state index in [0.717, 1.165) is 0 Å². The van der Waals surface area contributed by atoms with Crippen molar-refractivity contribution in [2.24, 2.45) is 0 Å². The summed E-state index contributed by atoms with van der Waals surface area (Å²) in [6.07, 6.45) is -16.8. The van der Waals surface area contributed by atoms with Gasteiger partial charge in [-0.25, -0.2) is 14.1 Å². The number of aromatic amines is 1. The lowest BCUT2D eigenvalue weighted by Crippen LogP contribution is -2.27. The summed E-state index contributed by atoms with van der Waals surface area (Å²) in [6.45, 7) is 0.687. The van der Waals surface area contributed by atoms with Gasteiger partial charge in [0, 0.05) is 11.3 Å². The normalized spacial score (nSPS) is 12.8. The summed E-state index contributed by atoms with van der Waals surface area (Å²) in [5, 5.41) is 1.66. The summed E-state index contributed by atoms with van der Waals surface area (Å²) in [4.78, 5) is 27.6. The van der Waals surface area contributed by atoms with Gasteiger partial charge in [0.15, 0.2) is 11.5 Å². The van der Waals surface area contributed by atoms with E-state index in [1.165, 1.54) is 0 Å². The van der Waals surface area contributed by atoms with E-state index in [0.29, 0.717) is 13.0 Å². The van der Waals surface area contributed by atoms with Gasteiger partial charge in [-0.3, -0.25) is 14.7 Å². The Kier molecular flexibility index (Phi) is 6.26. The van der Waals surface area contributed by atoms with E-state index >= 15 is 0 Å². The maximum Gasteiger partial charge on any atom is 0.436 e. The van der Waals surface area contributed by atoms with E-state index in [1.54, 1.807) is 5.10 Å². The molecular formula is C19H7F12N3O2. The smallest absolute Gasteiger partial charge is 0.294 e. The first-order valence-corrected chi connectivity index (χ1v) is 9.04. The molecule has 36 heavy (non-hydrogen) atoms. The lowest BCUT2D eigenvalue weighted by atomic mass is 9.93. The minimum Gasteiger partial charge on any atom is -0.294 e. The van der Waals surface area contributed by atoms with Crippen LogP contribution in [0.15, 0.2) is 23.0 Å². The molecule has 0 aliphatic heterocycles. The number of alkyl halides is 9. The highest BCUT2D eigenvalue weighted by Crippen LogP contribution is 2.40. The van der Waals surface area contributed by atoms with Crippen molar-refractivity contribution in [1.82, 2.24) is 14.8 Å². The molecular weight excluding hydrogens is 530 g/mol. The predicted molar refractivity (Wildman–Crippen MR) is 93.7 cm³/mol. The molecule has 0 amide bonds. The molecule has 0 unspecified atom stereocenters. The van der Waals surface area contributed by atoms with Crippen LogP contribution < -0.4 is 5.56 Å². The second-order valence-electron chi connectivity index (χ2n) is 7.03. The number of aromatic nitrogens is 3. The fraction of sp³-hybridized carbons (Fsp3) is 0.211. The molecule has 0 bridgehead atoms. The zero-order valence-electron chi connectivity index (χ0n) is 17.0. The lowest BCUT2D eigenvalue weighted by molar-refractivity contribution is -0.145. The van der Waals surface area contributed by atoms with Crippen molar-refractivity contribution in [2.45, 2.75) is 25.5 Å². The number of nitrogens with zero attached hydrogens (tertiary/aromatic N) is 2. The second kappa shape index (κ2) is 8.41. The summed E-state index contributed by atoms with van der Waals surface area (Å²) in [5.41, 5.74) is -15.5. The van der Waals surface area contributed by atoms with Crippen molar-refractivity contribution < 1.29 is 57.5 Å². The lowest BCUT2D eigenvalue weighted by Gasteiger charge is -2.17. The quantitative estimate of drug-likeness (QED) is 0.270. The summed E-state index contributed by atoms with van der Waals surface area (Å²) in [7, 11) is 0. The average molecular weight is 537 g/mol. The van der Waals surface area contributed by atoms with Crippen LogP contribution in [0.25, 0.3) is 5.69 Å². The highest BCUT2D eigenvalue weighted by Gasteiger charge is 2.44. The Balaban J connectivity index is 2.37. The van der Waals surface area contributed by atoms with Gasteiger partial charge in [0.25, 0.3) is 11.5 Å². The Morgan fingerprint density at radius 2 is 1.33 bits per heavy atom. The molecule has 0 saturated heterocycles. The first-order valence-electron chi connectivity index (χ1n) is 9.04. The van der Waals surface area contributed by atoms with E-state index in [4.69, 9.17) is 0 Å². The Bertz CT molecular complexity index is 1400. The van der Waals surface area contributed by atoms with Crippen LogP contribution in [0, 0.1) is 24.5 Å². The van der Waals surface area contributed by atoms with Gasteiger partial charge in [-0.2, -0.15) is 48.3 Å². The highest BCUT2D eigenvalue weighted by atomic mass is 19.4. The molecule has 0 atom stereocenters. The number of hydrogen-bond acceptors (Lipinski definition) is 3. The molecule has 3 aromatic rings. The Morgan fingerprint density at radius 3 is 1.78 bits per heavy atom. The van der Waals surface area contributed by atoms with E-state index in [9.17, 15) is 62.3 Å². The number of rotatable bonds is 3. The number of benzene rings is 1. The van der Waals surface area contributed by atoms with Crippen molar-refractivity contribution in [2.75, 3.05) is 0 Å². The van der Waals surface area contributed by atoms with Crippen molar-refractivity contribution in [3.8, 4) is 5.69 Å². The monoisotopic (exact) mass is 537 g/mol. The van der Waals surface area contributed by atoms with Crippen LogP contribution in [-0.4, -0.2) is 20.5 Å². The molecule has 0 aliphatic rings. The number of ketones is 1. The third kappa shape index (κ3) is 4.44. The molecule has 1 aromatic carbocycles. The largest absolute Gasteiger partial charge is 0.436 e. The first kappa shape index (κ1) is 26.8. The predicted octanol–water partition coefficient (Wildman–Crippen LogP) is 5.57. The van der Waals surface area contributed by atoms with Gasteiger partial charge < -0.3 is 0 Å². The van der Waals surface area contributed by atoms with Gasteiger partial charge in [0.2, 0.25) is 11.6 Å². The Labute approximate surface area is 190 Å². The number of halogens is 12. The zero-order chi connectivity index (χ0) is 27.5. The SMILES string of the molecule is Cc1[nH]n(-c2c(F)c(F)nc(C(F)(F)F)c2F)c(=O)c1C(=O)c1c(C(F)(F)F)cccc1C(F)(F)F. The fourth-order valence-electron chi connectivity index (χ4n) is 3.25. The van der Waals surface area contributed by atoms with Crippen LogP contribution in [-0.2, 0) is 18.5 Å². The number of nitrogens with one attached hydrogen (secondary N) is 1. The number of hydrogen-bond donors (Lipinski definition) is 1. The molecule has 2 heterocycles. The van der Waals surface area contributed by atoms with Gasteiger partial charge >= 0.3 is 18.5 Å². The third-order valence-corrected chi connectivity index (χ3v) is 4.71. The highest BCUT2D eigenvalue weighted by molar-refractivity contribution is 6.11. The number of H-pyrrole nitrogens is 1. The van der Waals surface area contributed by atoms with E-state index < -0.39 is 91.5 Å². The van der Waals surface area contributed by atoms with Gasteiger partial charge in [-0.05, 0) is 19.1 Å². The molecule has 0 fully saturated rings. The maximum absolute atomic E-state index is 14.4.